The van der Waals surface area contributed by atoms with Crippen LogP contribution in [0.2, 0.25) is 0 Å². The highest BCUT2D eigenvalue weighted by Crippen LogP contribution is 2.59. The Kier molecular flexibility index (Phi) is 4.84. The monoisotopic (exact) mass is 537 g/mol. The quantitative estimate of drug-likeness (QED) is 0.208. The first kappa shape index (κ1) is 24.0. The van der Waals surface area contributed by atoms with Crippen LogP contribution in [-0.2, 0) is 26.5 Å². The molecule has 2 N–H and O–H groups in total. The zero-order chi connectivity index (χ0) is 27.4. The molecule has 0 aliphatic carbocycles. The number of fused-ring (bicyclic) bond motifs is 13. The zero-order valence-corrected chi connectivity index (χ0v) is 22.6. The Labute approximate surface area is 230 Å². The number of carbonyl (C=O) groups excluding carboxylic acids is 2. The summed E-state index contributed by atoms with van der Waals surface area (Å²) in [6.45, 7) is 4.95. The first-order valence-corrected chi connectivity index (χ1v) is 14.2. The predicted octanol–water partition coefficient (Wildman–Crippen LogP) is 5.60. The zero-order valence-electron chi connectivity index (χ0n) is 22.6. The lowest BCUT2D eigenvalue weighted by Gasteiger charge is -2.43. The lowest BCUT2D eigenvalue weighted by atomic mass is 9.81. The number of amides is 1. The van der Waals surface area contributed by atoms with E-state index in [1.54, 1.807) is 0 Å². The molecule has 1 fully saturated rings. The fourth-order valence-corrected chi connectivity index (χ4v) is 7.97. The first-order chi connectivity index (χ1) is 19.4. The number of ether oxygens (including phenoxy) is 2. The Hall–Kier alpha value is -3.88. The topological polar surface area (TPSA) is 94.7 Å². The summed E-state index contributed by atoms with van der Waals surface area (Å²) < 4.78 is 17.0. The summed E-state index contributed by atoms with van der Waals surface area (Å²) in [5.41, 5.74) is 2.66. The number of para-hydroxylation sites is 2. The Morgan fingerprint density at radius 1 is 1.10 bits per heavy atom. The van der Waals surface area contributed by atoms with Gasteiger partial charge in [-0.15, -0.1) is 0 Å². The molecule has 0 spiro atoms. The number of hydrogen-bond donors (Lipinski definition) is 2. The van der Waals surface area contributed by atoms with Crippen molar-refractivity contribution < 1.29 is 24.2 Å². The minimum atomic E-state index is -1.51. The molecule has 3 aliphatic rings. The summed E-state index contributed by atoms with van der Waals surface area (Å²) in [6, 6.07) is 16.2. The molecule has 2 aromatic heterocycles. The minimum absolute atomic E-state index is 0.0648. The summed E-state index contributed by atoms with van der Waals surface area (Å²) in [4.78, 5) is 25.2. The van der Waals surface area contributed by atoms with Crippen molar-refractivity contribution in [1.29, 1.82) is 0 Å². The van der Waals surface area contributed by atoms with E-state index in [9.17, 15) is 14.7 Å². The van der Waals surface area contributed by atoms with Crippen LogP contribution in [0.1, 0.15) is 68.1 Å². The van der Waals surface area contributed by atoms with Crippen LogP contribution in [0.15, 0.2) is 48.5 Å². The van der Waals surface area contributed by atoms with Crippen molar-refractivity contribution in [2.45, 2.75) is 76.2 Å². The molecule has 3 aliphatic heterocycles. The number of aliphatic hydroxyl groups is 1. The average molecular weight is 538 g/mol. The van der Waals surface area contributed by atoms with Crippen molar-refractivity contribution >= 4 is 56.0 Å². The van der Waals surface area contributed by atoms with E-state index in [4.69, 9.17) is 9.47 Å². The van der Waals surface area contributed by atoms with Gasteiger partial charge in [0.1, 0.15) is 12.3 Å². The first-order valence-electron chi connectivity index (χ1n) is 14.2. The van der Waals surface area contributed by atoms with E-state index in [1.807, 2.05) is 37.3 Å². The largest absolute Gasteiger partial charge is 0.461 e. The van der Waals surface area contributed by atoms with E-state index >= 15 is 0 Å². The van der Waals surface area contributed by atoms with E-state index in [0.717, 1.165) is 74.0 Å². The van der Waals surface area contributed by atoms with Crippen LogP contribution in [-0.4, -0.2) is 38.3 Å². The maximum Gasteiger partial charge on any atom is 0.293 e. The molecule has 204 valence electrons. The van der Waals surface area contributed by atoms with Crippen molar-refractivity contribution in [3.8, 4) is 0 Å². The number of carbonyl (C=O) groups is 2. The average Bonchev–Trinajstić information content (AvgIpc) is 3.65. The van der Waals surface area contributed by atoms with E-state index < -0.39 is 23.7 Å². The lowest BCUT2D eigenvalue weighted by molar-refractivity contribution is -0.218. The molecule has 3 unspecified atom stereocenters. The van der Waals surface area contributed by atoms with Crippen LogP contribution in [0.5, 0.6) is 0 Å². The highest BCUT2D eigenvalue weighted by atomic mass is 16.6. The number of hydrogen-bond acceptors (Lipinski definition) is 5. The van der Waals surface area contributed by atoms with Crippen molar-refractivity contribution in [3.05, 3.63) is 59.7 Å². The minimum Gasteiger partial charge on any atom is -0.461 e. The third-order valence-electron chi connectivity index (χ3n) is 9.71. The SMILES string of the molecule is CCCCCC(OC=O)C1(O)CC2O[C@@]1(C)n1c3ccccc3c3c4c(c5c6ccccc6n2c5c31)C(=O)NC4. The molecule has 4 atom stereocenters. The molecule has 0 radical (unpaired) electrons. The fraction of sp³-hybridized carbons (Fsp3) is 0.375. The summed E-state index contributed by atoms with van der Waals surface area (Å²) in [5, 5.41) is 19.8. The Morgan fingerprint density at radius 2 is 1.82 bits per heavy atom. The molecule has 2 bridgehead atoms. The third kappa shape index (κ3) is 2.68. The van der Waals surface area contributed by atoms with Gasteiger partial charge in [-0.1, -0.05) is 56.2 Å². The van der Waals surface area contributed by atoms with Gasteiger partial charge in [-0.3, -0.25) is 9.59 Å². The van der Waals surface area contributed by atoms with Gasteiger partial charge in [-0.2, -0.15) is 0 Å². The van der Waals surface area contributed by atoms with Crippen LogP contribution >= 0.6 is 0 Å². The van der Waals surface area contributed by atoms with Gasteiger partial charge in [-0.05, 0) is 37.5 Å². The standard InChI is InChI=1S/C32H31N3O5/c1-3-4-5-14-23(39-17-36)32(38)15-24-34-21-12-8-6-10-18(21)26-27-20(16-33-30(27)37)25-19-11-7-9-13-22(19)35(29(25)28(26)34)31(32,2)40-24/h6-13,17,23-24,38H,3-5,14-16H2,1-2H3,(H,33,37)/t23?,24?,31-,32?/m1/s1. The Bertz CT molecular complexity index is 1900. The Morgan fingerprint density at radius 3 is 2.58 bits per heavy atom. The smallest absolute Gasteiger partial charge is 0.293 e. The number of nitrogens with zero attached hydrogens (tertiary/aromatic N) is 2. The van der Waals surface area contributed by atoms with E-state index in [1.165, 1.54) is 0 Å². The molecule has 5 heterocycles. The summed E-state index contributed by atoms with van der Waals surface area (Å²) in [7, 11) is 0. The Balaban J connectivity index is 1.56. The van der Waals surface area contributed by atoms with Gasteiger partial charge in [0.25, 0.3) is 12.4 Å². The number of benzene rings is 3. The molecule has 40 heavy (non-hydrogen) atoms. The van der Waals surface area contributed by atoms with Crippen LogP contribution in [0, 0.1) is 0 Å². The summed E-state index contributed by atoms with van der Waals surface area (Å²) in [6.07, 6.45) is 2.31. The fourth-order valence-electron chi connectivity index (χ4n) is 7.97. The van der Waals surface area contributed by atoms with Crippen LogP contribution < -0.4 is 5.32 Å². The molecule has 0 saturated carbocycles. The number of unbranched alkanes of at least 4 members (excludes halogenated alkanes) is 2. The summed E-state index contributed by atoms with van der Waals surface area (Å²) >= 11 is 0. The van der Waals surface area contributed by atoms with E-state index in [0.29, 0.717) is 19.4 Å². The van der Waals surface area contributed by atoms with Gasteiger partial charge in [0.05, 0.1) is 27.6 Å². The normalized spacial score (nSPS) is 25.7. The highest BCUT2D eigenvalue weighted by Gasteiger charge is 2.65. The number of rotatable bonds is 7. The molecule has 5 aromatic rings. The molecule has 8 nitrogen and oxygen atoms in total. The maximum absolute atomic E-state index is 13.4. The molecule has 1 saturated heterocycles. The molecule has 3 aromatic carbocycles. The van der Waals surface area contributed by atoms with Crippen LogP contribution in [0.3, 0.4) is 0 Å². The van der Waals surface area contributed by atoms with E-state index in [-0.39, 0.29) is 12.3 Å². The van der Waals surface area contributed by atoms with E-state index in [2.05, 4.69) is 39.6 Å². The van der Waals surface area contributed by atoms with Crippen molar-refractivity contribution in [2.75, 3.05) is 0 Å². The predicted molar refractivity (Wildman–Crippen MR) is 152 cm³/mol. The molecule has 8 heteroatoms. The van der Waals surface area contributed by atoms with Crippen molar-refractivity contribution in [1.82, 2.24) is 14.5 Å². The molecular formula is C32H31N3O5. The third-order valence-corrected chi connectivity index (χ3v) is 9.71. The molecule has 8 rings (SSSR count). The number of aromatic nitrogens is 2. The van der Waals surface area contributed by atoms with Crippen molar-refractivity contribution in [3.63, 3.8) is 0 Å². The van der Waals surface area contributed by atoms with Gasteiger partial charge in [-0.25, -0.2) is 0 Å². The van der Waals surface area contributed by atoms with Crippen LogP contribution in [0.4, 0.5) is 0 Å². The second-order valence-electron chi connectivity index (χ2n) is 11.6. The van der Waals surface area contributed by atoms with Crippen LogP contribution in [0.25, 0.3) is 43.6 Å². The summed E-state index contributed by atoms with van der Waals surface area (Å²) in [5.74, 6) is -0.0648. The van der Waals surface area contributed by atoms with Gasteiger partial charge < -0.3 is 29.0 Å². The second kappa shape index (κ2) is 8.08. The maximum atomic E-state index is 13.4. The molecular weight excluding hydrogens is 506 g/mol. The van der Waals surface area contributed by atoms with Gasteiger partial charge >= 0.3 is 0 Å². The van der Waals surface area contributed by atoms with Gasteiger partial charge in [0.2, 0.25) is 0 Å². The van der Waals surface area contributed by atoms with Gasteiger partial charge in [0, 0.05) is 34.5 Å². The lowest BCUT2D eigenvalue weighted by Crippen LogP contribution is -2.58. The van der Waals surface area contributed by atoms with Gasteiger partial charge in [0.15, 0.2) is 11.3 Å². The second-order valence-corrected chi connectivity index (χ2v) is 11.6. The highest BCUT2D eigenvalue weighted by molar-refractivity contribution is 6.31. The molecule has 1 amide bonds. The van der Waals surface area contributed by atoms with Crippen molar-refractivity contribution in [2.24, 2.45) is 0 Å². The number of nitrogens with one attached hydrogen (secondary N) is 1.